The minimum absolute atomic E-state index is 0.388. The minimum Gasteiger partial charge on any atom is -0.494 e. The zero-order chi connectivity index (χ0) is 18.8. The topological polar surface area (TPSA) is 65.9 Å². The smallest absolute Gasteiger partial charge is 0.191 e. The lowest BCUT2D eigenvalue weighted by atomic mass is 10.1. The third-order valence-corrected chi connectivity index (χ3v) is 4.91. The molecule has 0 aliphatic rings. The van der Waals surface area contributed by atoms with Crippen LogP contribution in [-0.4, -0.2) is 30.8 Å². The lowest BCUT2D eigenvalue weighted by molar-refractivity contribution is 0.0655. The molecule has 142 valence electrons. The molecule has 0 saturated carbocycles. The summed E-state index contributed by atoms with van der Waals surface area (Å²) in [6, 6.07) is 11.9. The summed E-state index contributed by atoms with van der Waals surface area (Å²) in [5.74, 6) is 1.56. The molecule has 1 unspecified atom stereocenters. The normalized spacial score (nSPS) is 13.9. The van der Waals surface area contributed by atoms with Crippen LogP contribution < -0.4 is 15.4 Å². The van der Waals surface area contributed by atoms with Gasteiger partial charge in [0.05, 0.1) is 19.7 Å². The van der Waals surface area contributed by atoms with Crippen LogP contribution in [0.15, 0.2) is 46.8 Å². The van der Waals surface area contributed by atoms with Crippen molar-refractivity contribution in [3.05, 3.63) is 52.2 Å². The van der Waals surface area contributed by atoms with Gasteiger partial charge in [0.1, 0.15) is 11.4 Å². The average molecular weight is 376 g/mol. The first-order valence-electron chi connectivity index (χ1n) is 9.05. The number of aliphatic imine (C=N–C) groups is 1. The molecule has 1 aromatic heterocycles. The quantitative estimate of drug-likeness (QED) is 0.464. The summed E-state index contributed by atoms with van der Waals surface area (Å²) >= 11 is 1.55. The van der Waals surface area contributed by atoms with Crippen LogP contribution in [-0.2, 0) is 12.1 Å². The second-order valence-corrected chi connectivity index (χ2v) is 7.24. The number of nitrogens with one attached hydrogen (secondary N) is 2. The molecule has 0 radical (unpaired) electrons. The largest absolute Gasteiger partial charge is 0.494 e. The summed E-state index contributed by atoms with van der Waals surface area (Å²) in [6.07, 6.45) is 0.987. The molecule has 1 aromatic carbocycles. The van der Waals surface area contributed by atoms with Gasteiger partial charge in [-0.05, 0) is 49.4 Å². The number of nitrogens with zero attached hydrogens (tertiary/aromatic N) is 1. The van der Waals surface area contributed by atoms with Gasteiger partial charge in [-0.15, -0.1) is 11.3 Å². The van der Waals surface area contributed by atoms with Crippen molar-refractivity contribution in [2.24, 2.45) is 4.99 Å². The van der Waals surface area contributed by atoms with Crippen molar-refractivity contribution in [2.45, 2.75) is 39.3 Å². The summed E-state index contributed by atoms with van der Waals surface area (Å²) < 4.78 is 5.67. The summed E-state index contributed by atoms with van der Waals surface area (Å²) in [4.78, 5) is 5.55. The maximum atomic E-state index is 10.6. The Morgan fingerprint density at radius 2 is 2.08 bits per heavy atom. The van der Waals surface area contributed by atoms with Gasteiger partial charge in [0.2, 0.25) is 0 Å². The number of hydrogen-bond acceptors (Lipinski definition) is 4. The predicted octanol–water partition coefficient (Wildman–Crippen LogP) is 3.50. The highest BCUT2D eigenvalue weighted by Gasteiger charge is 2.24. The van der Waals surface area contributed by atoms with Crippen LogP contribution in [0, 0.1) is 0 Å². The molecule has 5 nitrogen and oxygen atoms in total. The van der Waals surface area contributed by atoms with Crippen molar-refractivity contribution >= 4 is 17.3 Å². The first-order valence-corrected chi connectivity index (χ1v) is 9.93. The number of rotatable bonds is 9. The van der Waals surface area contributed by atoms with E-state index in [1.807, 2.05) is 55.6 Å². The van der Waals surface area contributed by atoms with Gasteiger partial charge in [-0.2, -0.15) is 0 Å². The van der Waals surface area contributed by atoms with Gasteiger partial charge in [0.15, 0.2) is 5.96 Å². The molecular weight excluding hydrogens is 346 g/mol. The molecule has 0 aliphatic heterocycles. The molecule has 26 heavy (non-hydrogen) atoms. The van der Waals surface area contributed by atoms with Crippen LogP contribution in [0.25, 0.3) is 0 Å². The number of hydrogen-bond donors (Lipinski definition) is 3. The van der Waals surface area contributed by atoms with E-state index in [1.165, 1.54) is 0 Å². The van der Waals surface area contributed by atoms with Crippen molar-refractivity contribution in [1.29, 1.82) is 0 Å². The number of guanidine groups is 1. The predicted molar refractivity (Wildman–Crippen MR) is 109 cm³/mol. The SMILES string of the molecule is CCCOc1cccc(CN=C(NCC)NCC(C)(O)c2cccs2)c1. The van der Waals surface area contributed by atoms with Crippen LogP contribution in [0.4, 0.5) is 0 Å². The summed E-state index contributed by atoms with van der Waals surface area (Å²) in [5, 5.41) is 19.1. The molecule has 6 heteroatoms. The monoisotopic (exact) mass is 375 g/mol. The zero-order valence-electron chi connectivity index (χ0n) is 15.8. The lowest BCUT2D eigenvalue weighted by Crippen LogP contribution is -2.44. The highest BCUT2D eigenvalue weighted by atomic mass is 32.1. The van der Waals surface area contributed by atoms with Crippen molar-refractivity contribution in [3.63, 3.8) is 0 Å². The van der Waals surface area contributed by atoms with Crippen molar-refractivity contribution < 1.29 is 9.84 Å². The van der Waals surface area contributed by atoms with Crippen LogP contribution in [0.5, 0.6) is 5.75 Å². The van der Waals surface area contributed by atoms with Crippen molar-refractivity contribution in [2.75, 3.05) is 19.7 Å². The van der Waals surface area contributed by atoms with E-state index in [4.69, 9.17) is 4.74 Å². The Labute approximate surface area is 160 Å². The lowest BCUT2D eigenvalue weighted by Gasteiger charge is -2.23. The summed E-state index contributed by atoms with van der Waals surface area (Å²) in [6.45, 7) is 8.32. The molecule has 0 fully saturated rings. The second-order valence-electron chi connectivity index (χ2n) is 6.30. The van der Waals surface area contributed by atoms with Gasteiger partial charge < -0.3 is 20.5 Å². The van der Waals surface area contributed by atoms with Gasteiger partial charge in [-0.1, -0.05) is 25.1 Å². The van der Waals surface area contributed by atoms with Crippen molar-refractivity contribution in [1.82, 2.24) is 10.6 Å². The Kier molecular flexibility index (Phi) is 7.94. The van der Waals surface area contributed by atoms with Gasteiger partial charge in [-0.3, -0.25) is 0 Å². The van der Waals surface area contributed by atoms with Gasteiger partial charge in [0.25, 0.3) is 0 Å². The Balaban J connectivity index is 1.98. The second kappa shape index (κ2) is 10.2. The van der Waals surface area contributed by atoms with E-state index < -0.39 is 5.60 Å². The van der Waals surface area contributed by atoms with Crippen LogP contribution in [0.2, 0.25) is 0 Å². The van der Waals surface area contributed by atoms with E-state index in [0.717, 1.165) is 29.2 Å². The molecule has 0 amide bonds. The maximum Gasteiger partial charge on any atom is 0.191 e. The third-order valence-electron chi connectivity index (χ3n) is 3.79. The first-order chi connectivity index (χ1) is 12.5. The molecule has 2 aromatic rings. The fourth-order valence-corrected chi connectivity index (χ4v) is 3.18. The number of aliphatic hydroxyl groups is 1. The van der Waals surface area contributed by atoms with E-state index in [-0.39, 0.29) is 0 Å². The molecule has 0 saturated heterocycles. The summed E-state index contributed by atoms with van der Waals surface area (Å²) in [7, 11) is 0. The van der Waals surface area contributed by atoms with Gasteiger partial charge in [-0.25, -0.2) is 4.99 Å². The maximum absolute atomic E-state index is 10.6. The highest BCUT2D eigenvalue weighted by molar-refractivity contribution is 7.10. The molecule has 2 rings (SSSR count). The van der Waals surface area contributed by atoms with Crippen molar-refractivity contribution in [3.8, 4) is 5.75 Å². The zero-order valence-corrected chi connectivity index (χ0v) is 16.6. The van der Waals surface area contributed by atoms with Gasteiger partial charge in [0, 0.05) is 11.4 Å². The first kappa shape index (κ1) is 20.3. The number of benzene rings is 1. The number of ether oxygens (including phenoxy) is 1. The van der Waals surface area contributed by atoms with E-state index in [1.54, 1.807) is 11.3 Å². The van der Waals surface area contributed by atoms with E-state index in [0.29, 0.717) is 25.7 Å². The minimum atomic E-state index is -0.932. The van der Waals surface area contributed by atoms with E-state index in [2.05, 4.69) is 22.5 Å². The van der Waals surface area contributed by atoms with Crippen LogP contribution >= 0.6 is 11.3 Å². The van der Waals surface area contributed by atoms with Crippen LogP contribution in [0.1, 0.15) is 37.6 Å². The standard InChI is InChI=1S/C20H29N3O2S/c1-4-11-25-17-9-6-8-16(13-17)14-22-19(21-5-2)23-15-20(3,24)18-10-7-12-26-18/h6-10,12-13,24H,4-5,11,14-15H2,1-3H3,(H2,21,22,23). The Morgan fingerprint density at radius 3 is 2.77 bits per heavy atom. The molecular formula is C20H29N3O2S. The molecule has 1 heterocycles. The fourth-order valence-electron chi connectivity index (χ4n) is 2.39. The molecule has 1 atom stereocenters. The van der Waals surface area contributed by atoms with Gasteiger partial charge >= 0.3 is 0 Å². The molecule has 0 spiro atoms. The van der Waals surface area contributed by atoms with E-state index >= 15 is 0 Å². The Morgan fingerprint density at radius 1 is 1.23 bits per heavy atom. The molecule has 0 aliphatic carbocycles. The summed E-state index contributed by atoms with van der Waals surface area (Å²) in [5.41, 5.74) is 0.152. The molecule has 0 bridgehead atoms. The average Bonchev–Trinajstić information content (AvgIpc) is 3.18. The third kappa shape index (κ3) is 6.35. The Bertz CT molecular complexity index is 684. The highest BCUT2D eigenvalue weighted by Crippen LogP contribution is 2.24. The fraction of sp³-hybridized carbons (Fsp3) is 0.450. The molecule has 3 N–H and O–H groups in total. The van der Waals surface area contributed by atoms with Crippen LogP contribution in [0.3, 0.4) is 0 Å². The Hall–Kier alpha value is -2.05. The van der Waals surface area contributed by atoms with E-state index in [9.17, 15) is 5.11 Å². The number of thiophene rings is 1.